The molecule has 0 aliphatic carbocycles. The Balaban J connectivity index is 0. The minimum Gasteiger partial charge on any atom is -0.167 e. The van der Waals surface area contributed by atoms with E-state index in [-0.39, 0.29) is 73.8 Å². The molecule has 1 aliphatic rings. The molecule has 2 radical (unpaired) electrons. The van der Waals surface area contributed by atoms with E-state index in [1.807, 2.05) is 0 Å². The normalized spacial score (nSPS) is 21.5. The summed E-state index contributed by atoms with van der Waals surface area (Å²) >= 11 is 0.456. The SMILES string of the molecule is O=S1(=O)OSO1.[Ag].[K]. The summed E-state index contributed by atoms with van der Waals surface area (Å²) in [6.07, 6.45) is 0. The summed E-state index contributed by atoms with van der Waals surface area (Å²) in [6.45, 7) is 0. The molecule has 1 aliphatic heterocycles. The summed E-state index contributed by atoms with van der Waals surface area (Å²) in [6, 6.07) is 0. The first kappa shape index (κ1) is 13.2. The molecule has 0 aromatic rings. The Morgan fingerprint density at radius 1 is 1.25 bits per heavy atom. The maximum absolute atomic E-state index is 9.62. The Morgan fingerprint density at radius 3 is 1.50 bits per heavy atom. The van der Waals surface area contributed by atoms with Crippen LogP contribution < -0.4 is 0 Å². The Bertz CT molecular complexity index is 128. The van der Waals surface area contributed by atoms with Gasteiger partial charge in [0, 0.05) is 73.8 Å². The molecular formula is AgKO4S2. The molecule has 0 saturated carbocycles. The minimum atomic E-state index is -3.52. The first-order valence-electron chi connectivity index (χ1n) is 1.00. The largest absolute Gasteiger partial charge is 0.425 e. The maximum Gasteiger partial charge on any atom is 0.425 e. The van der Waals surface area contributed by atoms with Crippen molar-refractivity contribution in [2.24, 2.45) is 0 Å². The molecule has 48 valence electrons. The number of hydrogen-bond acceptors (Lipinski definition) is 5. The Kier molecular flexibility index (Phi) is 8.71. The van der Waals surface area contributed by atoms with E-state index in [1.54, 1.807) is 0 Å². The van der Waals surface area contributed by atoms with Crippen LogP contribution in [0.1, 0.15) is 0 Å². The van der Waals surface area contributed by atoms with E-state index in [0.717, 1.165) is 0 Å². The Labute approximate surface area is 110 Å². The molecule has 1 saturated heterocycles. The second-order valence-corrected chi connectivity index (χ2v) is 2.65. The van der Waals surface area contributed by atoms with Crippen LogP contribution >= 0.6 is 12.3 Å². The van der Waals surface area contributed by atoms with E-state index in [1.165, 1.54) is 0 Å². The molecule has 1 heterocycles. The van der Waals surface area contributed by atoms with Crippen molar-refractivity contribution in [3.05, 3.63) is 0 Å². The molecule has 0 aromatic heterocycles. The second kappa shape index (κ2) is 5.27. The average Bonchev–Trinajstić information content (AvgIpc) is 1.32. The molecule has 0 aromatic carbocycles. The Morgan fingerprint density at radius 2 is 1.50 bits per heavy atom. The van der Waals surface area contributed by atoms with Crippen LogP contribution in [0, 0.1) is 0 Å². The summed E-state index contributed by atoms with van der Waals surface area (Å²) in [5.74, 6) is 0. The number of hydrogen-bond donors (Lipinski definition) is 0. The fourth-order valence-electron chi connectivity index (χ4n) is 0.0731. The molecule has 0 bridgehead atoms. The van der Waals surface area contributed by atoms with Crippen molar-refractivity contribution < 1.29 is 38.1 Å². The van der Waals surface area contributed by atoms with Gasteiger partial charge in [0.25, 0.3) is 0 Å². The van der Waals surface area contributed by atoms with E-state index in [9.17, 15) is 8.42 Å². The molecule has 8 heteroatoms. The quantitative estimate of drug-likeness (QED) is 0.439. The zero-order valence-corrected chi connectivity index (χ0v) is 9.99. The van der Waals surface area contributed by atoms with E-state index < -0.39 is 10.4 Å². The van der Waals surface area contributed by atoms with Gasteiger partial charge < -0.3 is 0 Å². The van der Waals surface area contributed by atoms with Gasteiger partial charge in [0.2, 0.25) is 0 Å². The molecule has 8 heavy (non-hydrogen) atoms. The second-order valence-electron chi connectivity index (χ2n) is 0.612. The van der Waals surface area contributed by atoms with E-state index in [2.05, 4.69) is 7.26 Å². The van der Waals surface area contributed by atoms with Crippen molar-refractivity contribution in [2.75, 3.05) is 0 Å². The van der Waals surface area contributed by atoms with Crippen LogP contribution in [0.2, 0.25) is 0 Å². The topological polar surface area (TPSA) is 52.6 Å². The van der Waals surface area contributed by atoms with Crippen LogP contribution in [0.5, 0.6) is 0 Å². The van der Waals surface area contributed by atoms with Gasteiger partial charge >= 0.3 is 10.4 Å². The van der Waals surface area contributed by atoms with Gasteiger partial charge in [0.15, 0.2) is 12.3 Å². The predicted molar refractivity (Wildman–Crippen MR) is 24.4 cm³/mol. The number of rotatable bonds is 0. The zero-order chi connectivity index (χ0) is 4.62. The van der Waals surface area contributed by atoms with Gasteiger partial charge in [-0.2, -0.15) is 8.42 Å². The molecule has 0 spiro atoms. The van der Waals surface area contributed by atoms with Crippen LogP contribution in [0.3, 0.4) is 0 Å². The minimum absolute atomic E-state index is 0. The third kappa shape index (κ3) is 4.42. The molecular weight excluding hydrogens is 275 g/mol. The van der Waals surface area contributed by atoms with Crippen molar-refractivity contribution in [3.63, 3.8) is 0 Å². The van der Waals surface area contributed by atoms with E-state index in [0.29, 0.717) is 12.3 Å². The van der Waals surface area contributed by atoms with E-state index in [4.69, 9.17) is 0 Å². The molecule has 1 fully saturated rings. The van der Waals surface area contributed by atoms with Crippen LogP contribution in [0.15, 0.2) is 0 Å². The van der Waals surface area contributed by atoms with E-state index >= 15 is 0 Å². The first-order valence-corrected chi connectivity index (χ1v) is 3.00. The zero-order valence-electron chi connectivity index (χ0n) is 3.75. The summed E-state index contributed by atoms with van der Waals surface area (Å²) < 4.78 is 26.8. The van der Waals surface area contributed by atoms with Crippen LogP contribution in [-0.2, 0) is 40.0 Å². The van der Waals surface area contributed by atoms with Crippen LogP contribution in [0.4, 0.5) is 0 Å². The van der Waals surface area contributed by atoms with Gasteiger partial charge in [-0.25, -0.2) is 0 Å². The molecule has 0 N–H and O–H groups in total. The van der Waals surface area contributed by atoms with Crippen LogP contribution in [0.25, 0.3) is 0 Å². The average molecular weight is 275 g/mol. The third-order valence-electron chi connectivity index (χ3n) is 0.222. The van der Waals surface area contributed by atoms with Gasteiger partial charge in [-0.05, 0) is 0 Å². The van der Waals surface area contributed by atoms with Gasteiger partial charge in [0.1, 0.15) is 0 Å². The molecule has 4 nitrogen and oxygen atoms in total. The summed E-state index contributed by atoms with van der Waals surface area (Å²) in [7, 11) is -3.52. The van der Waals surface area contributed by atoms with Crippen molar-refractivity contribution in [3.8, 4) is 0 Å². The van der Waals surface area contributed by atoms with Crippen molar-refractivity contribution in [1.29, 1.82) is 0 Å². The third-order valence-corrected chi connectivity index (χ3v) is 2.00. The molecule has 0 unspecified atom stereocenters. The summed E-state index contributed by atoms with van der Waals surface area (Å²) in [5.41, 5.74) is 0. The van der Waals surface area contributed by atoms with Crippen molar-refractivity contribution in [2.45, 2.75) is 0 Å². The standard InChI is InChI=1S/Ag.K.O4S2/c;;1-6(2)3-5-4-6. The van der Waals surface area contributed by atoms with Gasteiger partial charge in [-0.15, -0.1) is 7.26 Å². The molecule has 0 amide bonds. The van der Waals surface area contributed by atoms with Gasteiger partial charge in [0.05, 0.1) is 0 Å². The monoisotopic (exact) mass is 274 g/mol. The van der Waals surface area contributed by atoms with Gasteiger partial charge in [-0.1, -0.05) is 0 Å². The van der Waals surface area contributed by atoms with Crippen molar-refractivity contribution >= 4 is 74.1 Å². The van der Waals surface area contributed by atoms with Gasteiger partial charge in [-0.3, -0.25) is 0 Å². The summed E-state index contributed by atoms with van der Waals surface area (Å²) in [5, 5.41) is 0. The fraction of sp³-hybridized carbons (Fsp3) is 0. The van der Waals surface area contributed by atoms with Crippen LogP contribution in [-0.4, -0.2) is 59.8 Å². The smallest absolute Gasteiger partial charge is 0.167 e. The molecule has 1 rings (SSSR count). The summed E-state index contributed by atoms with van der Waals surface area (Å²) in [4.78, 5) is 0. The maximum atomic E-state index is 9.62. The Hall–Kier alpha value is 2.60. The fourth-order valence-corrected chi connectivity index (χ4v) is 0.658. The molecule has 0 atom stereocenters. The van der Waals surface area contributed by atoms with Crippen molar-refractivity contribution in [1.82, 2.24) is 0 Å². The predicted octanol–water partition coefficient (Wildman–Crippen LogP) is -0.542. The first-order chi connectivity index (χ1) is 2.71.